The summed E-state index contributed by atoms with van der Waals surface area (Å²) in [6.07, 6.45) is 4.52. The minimum atomic E-state index is -0.999. The molecule has 0 bridgehead atoms. The summed E-state index contributed by atoms with van der Waals surface area (Å²) in [5.74, 6) is -0.179. The SMILES string of the molecule is COCS(C)(C)CCC(=O)ON1C(=O)CCC1=O. The second-order valence-electron chi connectivity index (χ2n) is 4.67. The number of methoxy groups -OCH3 is 1. The molecular formula is C11H19NO5S. The molecule has 1 aliphatic heterocycles. The molecule has 2 amide bonds. The van der Waals surface area contributed by atoms with Gasteiger partial charge in [0.1, 0.15) is 0 Å². The van der Waals surface area contributed by atoms with Crippen molar-refractivity contribution in [2.45, 2.75) is 19.3 Å². The van der Waals surface area contributed by atoms with Gasteiger partial charge >= 0.3 is 5.97 Å². The first-order chi connectivity index (χ1) is 8.35. The maximum Gasteiger partial charge on any atom is 0.333 e. The predicted molar refractivity (Wildman–Crippen MR) is 68.0 cm³/mol. The van der Waals surface area contributed by atoms with Crippen molar-refractivity contribution in [3.05, 3.63) is 0 Å². The Balaban J connectivity index is 2.38. The van der Waals surface area contributed by atoms with E-state index in [4.69, 9.17) is 9.57 Å². The van der Waals surface area contributed by atoms with Gasteiger partial charge in [-0.2, -0.15) is 0 Å². The van der Waals surface area contributed by atoms with Crippen LogP contribution in [-0.2, 0) is 24.0 Å². The first-order valence-electron chi connectivity index (χ1n) is 5.60. The summed E-state index contributed by atoms with van der Waals surface area (Å²) in [7, 11) is 0.621. The number of imide groups is 1. The molecule has 1 aliphatic rings. The topological polar surface area (TPSA) is 72.9 Å². The smallest absolute Gasteiger partial charge is 0.333 e. The van der Waals surface area contributed by atoms with Crippen molar-refractivity contribution >= 4 is 27.8 Å². The second-order valence-corrected chi connectivity index (χ2v) is 8.85. The number of nitrogens with zero attached hydrogens (tertiary/aromatic N) is 1. The largest absolute Gasteiger partial charge is 0.376 e. The summed E-state index contributed by atoms with van der Waals surface area (Å²) in [6.45, 7) is 0. The highest BCUT2D eigenvalue weighted by atomic mass is 32.3. The summed E-state index contributed by atoms with van der Waals surface area (Å²) in [5, 5.41) is 0.584. The Kier molecular flexibility index (Phi) is 5.15. The minimum Gasteiger partial charge on any atom is -0.376 e. The van der Waals surface area contributed by atoms with E-state index in [2.05, 4.69) is 12.5 Å². The number of ether oxygens (including phenoxy) is 1. The van der Waals surface area contributed by atoms with Crippen LogP contribution in [0.15, 0.2) is 0 Å². The average molecular weight is 277 g/mol. The van der Waals surface area contributed by atoms with Crippen molar-refractivity contribution < 1.29 is 24.0 Å². The summed E-state index contributed by atoms with van der Waals surface area (Å²) in [4.78, 5) is 38.8. The van der Waals surface area contributed by atoms with Crippen LogP contribution in [0.1, 0.15) is 19.3 Å². The third-order valence-electron chi connectivity index (χ3n) is 2.49. The molecule has 7 heteroatoms. The fraction of sp³-hybridized carbons (Fsp3) is 0.727. The van der Waals surface area contributed by atoms with E-state index in [9.17, 15) is 14.4 Å². The molecule has 0 saturated carbocycles. The molecule has 0 aliphatic carbocycles. The normalized spacial score (nSPS) is 17.2. The Morgan fingerprint density at radius 1 is 1.28 bits per heavy atom. The molecule has 1 heterocycles. The van der Waals surface area contributed by atoms with Crippen LogP contribution >= 0.6 is 10.0 Å². The van der Waals surface area contributed by atoms with Crippen molar-refractivity contribution in [2.75, 3.05) is 31.3 Å². The average Bonchev–Trinajstić information content (AvgIpc) is 2.58. The minimum absolute atomic E-state index is 0.118. The quantitative estimate of drug-likeness (QED) is 0.667. The molecule has 6 nitrogen and oxygen atoms in total. The van der Waals surface area contributed by atoms with Crippen LogP contribution in [0.4, 0.5) is 0 Å². The van der Waals surface area contributed by atoms with E-state index >= 15 is 0 Å². The highest BCUT2D eigenvalue weighted by Crippen LogP contribution is 2.39. The molecule has 104 valence electrons. The van der Waals surface area contributed by atoms with E-state index in [1.807, 2.05) is 0 Å². The van der Waals surface area contributed by atoms with E-state index in [0.717, 1.165) is 0 Å². The highest BCUT2D eigenvalue weighted by Gasteiger charge is 2.32. The van der Waals surface area contributed by atoms with Gasteiger partial charge in [-0.3, -0.25) is 9.59 Å². The fourth-order valence-corrected chi connectivity index (χ4v) is 3.02. The number of carbonyl (C=O) groups excluding carboxylic acids is 3. The zero-order chi connectivity index (χ0) is 13.8. The van der Waals surface area contributed by atoms with Crippen molar-refractivity contribution in [1.82, 2.24) is 5.06 Å². The Morgan fingerprint density at radius 3 is 2.33 bits per heavy atom. The van der Waals surface area contributed by atoms with Crippen molar-refractivity contribution in [3.63, 3.8) is 0 Å². The van der Waals surface area contributed by atoms with Crippen LogP contribution in [0.25, 0.3) is 0 Å². The Labute approximate surface area is 108 Å². The summed E-state index contributed by atoms with van der Waals surface area (Å²) < 4.78 is 5.07. The van der Waals surface area contributed by atoms with Crippen LogP contribution in [0, 0.1) is 0 Å². The summed E-state index contributed by atoms with van der Waals surface area (Å²) in [6, 6.07) is 0. The molecule has 0 N–H and O–H groups in total. The number of amides is 2. The van der Waals surface area contributed by atoms with E-state index < -0.39 is 27.8 Å². The molecule has 0 aromatic rings. The lowest BCUT2D eigenvalue weighted by Gasteiger charge is -2.29. The van der Waals surface area contributed by atoms with E-state index in [0.29, 0.717) is 16.8 Å². The number of hydroxylamine groups is 2. The van der Waals surface area contributed by atoms with Gasteiger partial charge in [-0.15, -0.1) is 5.06 Å². The molecule has 0 spiro atoms. The Bertz CT molecular complexity index is 339. The van der Waals surface area contributed by atoms with Crippen molar-refractivity contribution in [2.24, 2.45) is 0 Å². The van der Waals surface area contributed by atoms with Gasteiger partial charge in [-0.05, 0) is 18.3 Å². The lowest BCUT2D eigenvalue weighted by molar-refractivity contribution is -0.197. The van der Waals surface area contributed by atoms with Gasteiger partial charge in [0, 0.05) is 20.0 Å². The number of rotatable bonds is 6. The predicted octanol–water partition coefficient (Wildman–Crippen LogP) is 0.652. The maximum absolute atomic E-state index is 11.5. The second kappa shape index (κ2) is 6.19. The van der Waals surface area contributed by atoms with Crippen molar-refractivity contribution in [1.29, 1.82) is 0 Å². The molecule has 0 aromatic carbocycles. The van der Waals surface area contributed by atoms with Gasteiger partial charge in [0.15, 0.2) is 0 Å². The van der Waals surface area contributed by atoms with Crippen LogP contribution in [0.5, 0.6) is 0 Å². The van der Waals surface area contributed by atoms with Gasteiger partial charge < -0.3 is 9.57 Å². The molecule has 1 rings (SSSR count). The highest BCUT2D eigenvalue weighted by molar-refractivity contribution is 8.32. The van der Waals surface area contributed by atoms with E-state index in [1.165, 1.54) is 0 Å². The molecule has 1 fully saturated rings. The number of carbonyl (C=O) groups is 3. The van der Waals surface area contributed by atoms with Crippen LogP contribution in [0.2, 0.25) is 0 Å². The molecular weight excluding hydrogens is 258 g/mol. The van der Waals surface area contributed by atoms with E-state index in [1.54, 1.807) is 7.11 Å². The van der Waals surface area contributed by atoms with Crippen LogP contribution < -0.4 is 0 Å². The molecule has 0 aromatic heterocycles. The van der Waals surface area contributed by atoms with Crippen LogP contribution in [-0.4, -0.2) is 54.2 Å². The Morgan fingerprint density at radius 2 is 1.83 bits per heavy atom. The van der Waals surface area contributed by atoms with Crippen molar-refractivity contribution in [3.8, 4) is 0 Å². The first-order valence-corrected chi connectivity index (χ1v) is 8.39. The first kappa shape index (κ1) is 15.0. The third-order valence-corrected chi connectivity index (χ3v) is 4.68. The molecule has 18 heavy (non-hydrogen) atoms. The maximum atomic E-state index is 11.5. The molecule has 1 saturated heterocycles. The van der Waals surface area contributed by atoms with Gasteiger partial charge in [0.05, 0.1) is 12.4 Å². The molecule has 0 atom stereocenters. The monoisotopic (exact) mass is 277 g/mol. The Hall–Kier alpha value is -1.08. The van der Waals surface area contributed by atoms with E-state index in [-0.39, 0.29) is 19.3 Å². The zero-order valence-corrected chi connectivity index (χ0v) is 11.7. The van der Waals surface area contributed by atoms with Gasteiger partial charge in [-0.25, -0.2) is 14.8 Å². The summed E-state index contributed by atoms with van der Waals surface area (Å²) in [5.41, 5.74) is 0. The van der Waals surface area contributed by atoms with Gasteiger partial charge in [0.2, 0.25) is 0 Å². The fourth-order valence-electron chi connectivity index (χ4n) is 1.54. The summed E-state index contributed by atoms with van der Waals surface area (Å²) >= 11 is 0. The zero-order valence-electron chi connectivity index (χ0n) is 10.9. The third kappa shape index (κ3) is 4.30. The lowest BCUT2D eigenvalue weighted by Crippen LogP contribution is -2.32. The van der Waals surface area contributed by atoms with Crippen LogP contribution in [0.3, 0.4) is 0 Å². The molecule has 0 radical (unpaired) electrons. The lowest BCUT2D eigenvalue weighted by atomic mass is 10.4. The number of hydrogen-bond donors (Lipinski definition) is 0. The van der Waals surface area contributed by atoms with Gasteiger partial charge in [-0.1, -0.05) is 0 Å². The standard InChI is InChI=1S/C11H19NO5S/c1-16-8-18(2,3)7-6-11(15)17-12-9(13)4-5-10(12)14/h4-8H2,1-3H3. The number of hydrogen-bond acceptors (Lipinski definition) is 5. The van der Waals surface area contributed by atoms with Gasteiger partial charge in [0.25, 0.3) is 11.8 Å². The molecule has 0 unspecified atom stereocenters.